The van der Waals surface area contributed by atoms with Gasteiger partial charge in [-0.3, -0.25) is 4.79 Å². The van der Waals surface area contributed by atoms with Crippen LogP contribution in [0.4, 0.5) is 0 Å². The zero-order valence-corrected chi connectivity index (χ0v) is 15.5. The molecule has 0 bridgehead atoms. The summed E-state index contributed by atoms with van der Waals surface area (Å²) >= 11 is 0. The van der Waals surface area contributed by atoms with E-state index in [0.717, 1.165) is 25.7 Å². The summed E-state index contributed by atoms with van der Waals surface area (Å²) in [6.45, 7) is 2.22. The second-order valence-corrected chi connectivity index (χ2v) is 6.74. The van der Waals surface area contributed by atoms with Gasteiger partial charge < -0.3 is 15.3 Å². The predicted molar refractivity (Wildman–Crippen MR) is 95.5 cm³/mol. The highest BCUT2D eigenvalue weighted by atomic mass is 16.5. The summed E-state index contributed by atoms with van der Waals surface area (Å²) in [6.07, 6.45) is 14.4. The van der Waals surface area contributed by atoms with E-state index in [1.165, 1.54) is 51.4 Å². The molecule has 0 saturated carbocycles. The third-order valence-corrected chi connectivity index (χ3v) is 4.53. The SMILES string of the molecule is CCCCCCCCCCCCCCCC(=O)C(O)(C(=O)O)C(=O)O. The number of carboxylic acids is 2. The summed E-state index contributed by atoms with van der Waals surface area (Å²) in [7, 11) is 0. The van der Waals surface area contributed by atoms with Crippen LogP contribution in [0.15, 0.2) is 0 Å². The van der Waals surface area contributed by atoms with Crippen LogP contribution in [0.25, 0.3) is 0 Å². The number of hydrogen-bond donors (Lipinski definition) is 3. The molecule has 0 aromatic carbocycles. The lowest BCUT2D eigenvalue weighted by molar-refractivity contribution is -0.179. The summed E-state index contributed by atoms with van der Waals surface area (Å²) in [4.78, 5) is 33.2. The van der Waals surface area contributed by atoms with Gasteiger partial charge in [0.15, 0.2) is 5.78 Å². The summed E-state index contributed by atoms with van der Waals surface area (Å²) < 4.78 is 0. The minimum absolute atomic E-state index is 0.229. The number of aliphatic carboxylic acids is 2. The van der Waals surface area contributed by atoms with E-state index in [1.807, 2.05) is 0 Å². The number of hydrogen-bond acceptors (Lipinski definition) is 4. The van der Waals surface area contributed by atoms with Crippen molar-refractivity contribution in [3.8, 4) is 0 Å². The van der Waals surface area contributed by atoms with Gasteiger partial charge in [0, 0.05) is 6.42 Å². The van der Waals surface area contributed by atoms with Crippen molar-refractivity contribution >= 4 is 17.7 Å². The molecule has 0 radical (unpaired) electrons. The number of carboxylic acid groups (broad SMARTS) is 2. The number of aliphatic hydroxyl groups is 1. The van der Waals surface area contributed by atoms with Crippen molar-refractivity contribution in [1.29, 1.82) is 0 Å². The van der Waals surface area contributed by atoms with Crippen molar-refractivity contribution in [2.24, 2.45) is 0 Å². The van der Waals surface area contributed by atoms with Crippen molar-refractivity contribution in [1.82, 2.24) is 0 Å². The molecule has 0 unspecified atom stereocenters. The molecule has 25 heavy (non-hydrogen) atoms. The number of unbranched alkanes of at least 4 members (excludes halogenated alkanes) is 12. The highest BCUT2D eigenvalue weighted by Gasteiger charge is 2.51. The molecule has 0 rings (SSSR count). The van der Waals surface area contributed by atoms with Crippen molar-refractivity contribution < 1.29 is 29.7 Å². The summed E-state index contributed by atoms with van der Waals surface area (Å²) in [5.41, 5.74) is -3.31. The molecule has 0 aromatic rings. The first kappa shape index (κ1) is 23.6. The molecule has 0 aliphatic heterocycles. The minimum atomic E-state index is -3.31. The Morgan fingerprint density at radius 1 is 0.640 bits per heavy atom. The Hall–Kier alpha value is -1.43. The molecule has 6 heteroatoms. The van der Waals surface area contributed by atoms with E-state index in [-0.39, 0.29) is 6.42 Å². The van der Waals surface area contributed by atoms with E-state index < -0.39 is 23.3 Å². The van der Waals surface area contributed by atoms with Gasteiger partial charge in [-0.15, -0.1) is 0 Å². The van der Waals surface area contributed by atoms with Gasteiger partial charge in [0.05, 0.1) is 0 Å². The lowest BCUT2D eigenvalue weighted by Crippen LogP contribution is -2.53. The van der Waals surface area contributed by atoms with Crippen LogP contribution in [-0.2, 0) is 14.4 Å². The van der Waals surface area contributed by atoms with Crippen LogP contribution in [0.3, 0.4) is 0 Å². The molecular formula is C19H34O6. The first-order valence-corrected chi connectivity index (χ1v) is 9.59. The average Bonchev–Trinajstić information content (AvgIpc) is 2.57. The van der Waals surface area contributed by atoms with E-state index >= 15 is 0 Å². The molecule has 146 valence electrons. The Morgan fingerprint density at radius 2 is 0.960 bits per heavy atom. The zero-order valence-electron chi connectivity index (χ0n) is 15.5. The number of rotatable bonds is 17. The molecule has 6 nitrogen and oxygen atoms in total. The molecular weight excluding hydrogens is 324 g/mol. The fraction of sp³-hybridized carbons (Fsp3) is 0.842. The number of carbonyl (C=O) groups excluding carboxylic acids is 1. The Bertz CT molecular complexity index is 391. The average molecular weight is 358 g/mol. The number of Topliss-reactive ketones (excluding diaryl/α,β-unsaturated/α-hetero) is 1. The Kier molecular flexibility index (Phi) is 13.0. The van der Waals surface area contributed by atoms with Gasteiger partial charge in [-0.05, 0) is 6.42 Å². The van der Waals surface area contributed by atoms with Crippen LogP contribution < -0.4 is 0 Å². The summed E-state index contributed by atoms with van der Waals surface area (Å²) in [5, 5.41) is 26.9. The molecule has 0 spiro atoms. The zero-order chi connectivity index (χ0) is 19.1. The second kappa shape index (κ2) is 13.8. The fourth-order valence-corrected chi connectivity index (χ4v) is 2.81. The van der Waals surface area contributed by atoms with Gasteiger partial charge in [0.1, 0.15) is 0 Å². The second-order valence-electron chi connectivity index (χ2n) is 6.74. The maximum absolute atomic E-state index is 11.6. The Labute approximate surface area is 150 Å². The molecule has 0 aromatic heterocycles. The maximum Gasteiger partial charge on any atom is 0.355 e. The summed E-state index contributed by atoms with van der Waals surface area (Å²) in [5.74, 6) is -5.21. The Balaban J connectivity index is 3.59. The molecule has 0 amide bonds. The van der Waals surface area contributed by atoms with Crippen LogP contribution >= 0.6 is 0 Å². The van der Waals surface area contributed by atoms with Crippen molar-refractivity contribution in [2.45, 2.75) is 102 Å². The van der Waals surface area contributed by atoms with Crippen molar-refractivity contribution in [2.75, 3.05) is 0 Å². The van der Waals surface area contributed by atoms with Crippen molar-refractivity contribution in [3.05, 3.63) is 0 Å². The predicted octanol–water partition coefficient (Wildman–Crippen LogP) is 3.94. The van der Waals surface area contributed by atoms with Gasteiger partial charge >= 0.3 is 17.5 Å². The van der Waals surface area contributed by atoms with E-state index in [1.54, 1.807) is 0 Å². The highest BCUT2D eigenvalue weighted by molar-refractivity contribution is 6.22. The molecule has 0 saturated heterocycles. The van der Waals surface area contributed by atoms with Crippen molar-refractivity contribution in [3.63, 3.8) is 0 Å². The van der Waals surface area contributed by atoms with Crippen LogP contribution in [0.1, 0.15) is 96.8 Å². The van der Waals surface area contributed by atoms with E-state index in [4.69, 9.17) is 10.2 Å². The smallest absolute Gasteiger partial charge is 0.355 e. The third kappa shape index (κ3) is 9.58. The van der Waals surface area contributed by atoms with Crippen LogP contribution in [0.5, 0.6) is 0 Å². The van der Waals surface area contributed by atoms with Crippen LogP contribution in [-0.4, -0.2) is 38.6 Å². The third-order valence-electron chi connectivity index (χ3n) is 4.53. The fourth-order valence-electron chi connectivity index (χ4n) is 2.81. The number of ketones is 1. The monoisotopic (exact) mass is 358 g/mol. The quantitative estimate of drug-likeness (QED) is 0.268. The van der Waals surface area contributed by atoms with Crippen LogP contribution in [0.2, 0.25) is 0 Å². The summed E-state index contributed by atoms with van der Waals surface area (Å²) in [6, 6.07) is 0. The molecule has 0 heterocycles. The largest absolute Gasteiger partial charge is 0.478 e. The topological polar surface area (TPSA) is 112 Å². The van der Waals surface area contributed by atoms with Gasteiger partial charge in [-0.25, -0.2) is 9.59 Å². The minimum Gasteiger partial charge on any atom is -0.478 e. The van der Waals surface area contributed by atoms with Gasteiger partial charge in [0.25, 0.3) is 0 Å². The van der Waals surface area contributed by atoms with Gasteiger partial charge in [0.2, 0.25) is 0 Å². The molecule has 0 aliphatic rings. The molecule has 3 N–H and O–H groups in total. The van der Waals surface area contributed by atoms with E-state index in [2.05, 4.69) is 6.92 Å². The van der Waals surface area contributed by atoms with E-state index in [0.29, 0.717) is 6.42 Å². The lowest BCUT2D eigenvalue weighted by atomic mass is 9.94. The Morgan fingerprint density at radius 3 is 1.28 bits per heavy atom. The molecule has 0 fully saturated rings. The standard InChI is InChI=1S/C19H34O6/c1-2-3-4-5-6-7-8-9-10-11-12-13-14-15-16(20)19(25,17(21)22)18(23)24/h25H,2-15H2,1H3,(H,21,22)(H,23,24). The normalized spacial score (nSPS) is 11.4. The van der Waals surface area contributed by atoms with Gasteiger partial charge in [-0.1, -0.05) is 84.0 Å². The molecule has 0 aliphatic carbocycles. The van der Waals surface area contributed by atoms with Gasteiger partial charge in [-0.2, -0.15) is 0 Å². The van der Waals surface area contributed by atoms with E-state index in [9.17, 15) is 19.5 Å². The number of carbonyl (C=O) groups is 3. The lowest BCUT2D eigenvalue weighted by Gasteiger charge is -2.16. The van der Waals surface area contributed by atoms with Crippen LogP contribution in [0, 0.1) is 0 Å². The maximum atomic E-state index is 11.6. The highest BCUT2D eigenvalue weighted by Crippen LogP contribution is 2.16. The first-order valence-electron chi connectivity index (χ1n) is 9.59. The first-order chi connectivity index (χ1) is 11.9. The molecule has 0 atom stereocenters.